The van der Waals surface area contributed by atoms with E-state index in [1.54, 1.807) is 7.11 Å². The molecule has 0 radical (unpaired) electrons. The highest BCUT2D eigenvalue weighted by atomic mass is 16.5. The lowest BCUT2D eigenvalue weighted by atomic mass is 10.1. The lowest BCUT2D eigenvalue weighted by Gasteiger charge is -2.19. The van der Waals surface area contributed by atoms with E-state index in [-0.39, 0.29) is 18.4 Å². The molecule has 1 amide bonds. The quantitative estimate of drug-likeness (QED) is 0.414. The Labute approximate surface area is 204 Å². The molecule has 180 valence electrons. The maximum absolute atomic E-state index is 12.9. The summed E-state index contributed by atoms with van der Waals surface area (Å²) in [6.45, 7) is 2.99. The topological polar surface area (TPSA) is 76.8 Å². The fourth-order valence-corrected chi connectivity index (χ4v) is 4.71. The normalized spacial score (nSPS) is 16.6. The molecule has 3 aromatic carbocycles. The molecule has 0 spiro atoms. The number of benzene rings is 3. The Balaban J connectivity index is 1.38. The predicted molar refractivity (Wildman–Crippen MR) is 135 cm³/mol. The Kier molecular flexibility index (Phi) is 6.42. The summed E-state index contributed by atoms with van der Waals surface area (Å²) >= 11 is 0. The van der Waals surface area contributed by atoms with Crippen molar-refractivity contribution in [2.75, 3.05) is 25.2 Å². The van der Waals surface area contributed by atoms with Crippen LogP contribution >= 0.6 is 0 Å². The third-order valence-corrected chi connectivity index (χ3v) is 6.38. The van der Waals surface area contributed by atoms with Gasteiger partial charge in [0.15, 0.2) is 11.5 Å². The van der Waals surface area contributed by atoms with Crippen molar-refractivity contribution in [2.24, 2.45) is 0 Å². The van der Waals surface area contributed by atoms with E-state index in [1.165, 1.54) is 0 Å². The zero-order chi connectivity index (χ0) is 24.4. The van der Waals surface area contributed by atoms with Gasteiger partial charge in [0, 0.05) is 24.6 Å². The SMILES string of the molecule is COc1ccccc1OC[C@H](O)Cn1c([C@H]2CC(=O)N(c3cccc(C)c3)C2)nc2ccccc21. The summed E-state index contributed by atoms with van der Waals surface area (Å²) in [7, 11) is 1.59. The number of carbonyl (C=O) groups is 1. The molecule has 7 nitrogen and oxygen atoms in total. The van der Waals surface area contributed by atoms with E-state index in [1.807, 2.05) is 89.2 Å². The van der Waals surface area contributed by atoms with Crippen LogP contribution < -0.4 is 14.4 Å². The number of hydrogen-bond donors (Lipinski definition) is 1. The molecule has 0 saturated carbocycles. The van der Waals surface area contributed by atoms with E-state index in [4.69, 9.17) is 14.5 Å². The smallest absolute Gasteiger partial charge is 0.227 e. The van der Waals surface area contributed by atoms with Gasteiger partial charge in [0.25, 0.3) is 0 Å². The molecule has 1 aliphatic rings. The van der Waals surface area contributed by atoms with Gasteiger partial charge in [-0.2, -0.15) is 0 Å². The first-order valence-corrected chi connectivity index (χ1v) is 11.8. The zero-order valence-electron chi connectivity index (χ0n) is 19.9. The van der Waals surface area contributed by atoms with Gasteiger partial charge in [0.05, 0.1) is 24.7 Å². The average Bonchev–Trinajstić information content (AvgIpc) is 3.43. The van der Waals surface area contributed by atoms with Gasteiger partial charge in [0.2, 0.25) is 5.91 Å². The van der Waals surface area contributed by atoms with Crippen molar-refractivity contribution in [2.45, 2.75) is 31.9 Å². The highest BCUT2D eigenvalue weighted by Gasteiger charge is 2.35. The first-order chi connectivity index (χ1) is 17.0. The highest BCUT2D eigenvalue weighted by Crippen LogP contribution is 2.34. The Hall–Kier alpha value is -3.84. The molecule has 1 aromatic heterocycles. The second kappa shape index (κ2) is 9.80. The van der Waals surface area contributed by atoms with Crippen LogP contribution in [0.15, 0.2) is 72.8 Å². The Morgan fingerprint density at radius 3 is 2.63 bits per heavy atom. The fraction of sp³-hybridized carbons (Fsp3) is 0.286. The Morgan fingerprint density at radius 1 is 1.06 bits per heavy atom. The van der Waals surface area contributed by atoms with Crippen LogP contribution in [0.25, 0.3) is 11.0 Å². The molecule has 35 heavy (non-hydrogen) atoms. The van der Waals surface area contributed by atoms with Gasteiger partial charge >= 0.3 is 0 Å². The Bertz CT molecular complexity index is 1350. The lowest BCUT2D eigenvalue weighted by molar-refractivity contribution is -0.117. The number of anilines is 1. The number of aromatic nitrogens is 2. The van der Waals surface area contributed by atoms with E-state index in [0.29, 0.717) is 31.0 Å². The van der Waals surface area contributed by atoms with Gasteiger partial charge in [-0.3, -0.25) is 4.79 Å². The standard InChI is InChI=1S/C28H29N3O4/c1-19-8-7-9-21(14-19)30-16-20(15-27(30)33)28-29-23-10-3-4-11-24(23)31(28)17-22(32)18-35-26-13-6-5-12-25(26)34-2/h3-14,20,22,32H,15-18H2,1-2H3/t20-,22+/m0/s1. The van der Waals surface area contributed by atoms with Crippen LogP contribution in [0.5, 0.6) is 11.5 Å². The molecule has 7 heteroatoms. The maximum atomic E-state index is 12.9. The summed E-state index contributed by atoms with van der Waals surface area (Å²) < 4.78 is 13.2. The zero-order valence-corrected chi connectivity index (χ0v) is 19.9. The molecule has 2 heterocycles. The van der Waals surface area contributed by atoms with Gasteiger partial charge in [-0.05, 0) is 48.9 Å². The van der Waals surface area contributed by atoms with Gasteiger partial charge in [0.1, 0.15) is 18.5 Å². The maximum Gasteiger partial charge on any atom is 0.227 e. The van der Waals surface area contributed by atoms with Crippen LogP contribution in [0.1, 0.15) is 23.7 Å². The van der Waals surface area contributed by atoms with E-state index < -0.39 is 6.10 Å². The summed E-state index contributed by atoms with van der Waals surface area (Å²) in [5, 5.41) is 10.9. The lowest BCUT2D eigenvalue weighted by Crippen LogP contribution is -2.26. The number of nitrogens with zero attached hydrogens (tertiary/aromatic N) is 3. The van der Waals surface area contributed by atoms with Gasteiger partial charge in [-0.1, -0.05) is 36.4 Å². The second-order valence-corrected chi connectivity index (χ2v) is 8.93. The number of imidazole rings is 1. The molecule has 1 fully saturated rings. The highest BCUT2D eigenvalue weighted by molar-refractivity contribution is 5.96. The van der Waals surface area contributed by atoms with Crippen molar-refractivity contribution in [3.63, 3.8) is 0 Å². The molecule has 0 aliphatic carbocycles. The summed E-state index contributed by atoms with van der Waals surface area (Å²) in [5.41, 5.74) is 3.80. The van der Waals surface area contributed by atoms with E-state index in [9.17, 15) is 9.90 Å². The number of methoxy groups -OCH3 is 1. The predicted octanol–water partition coefficient (Wildman–Crippen LogP) is 4.31. The van der Waals surface area contributed by atoms with Crippen molar-refractivity contribution in [1.29, 1.82) is 0 Å². The molecule has 1 saturated heterocycles. The van der Waals surface area contributed by atoms with Crippen molar-refractivity contribution < 1.29 is 19.4 Å². The van der Waals surface area contributed by atoms with Crippen LogP contribution in [0.2, 0.25) is 0 Å². The number of hydrogen-bond acceptors (Lipinski definition) is 5. The third-order valence-electron chi connectivity index (χ3n) is 6.38. The monoisotopic (exact) mass is 471 g/mol. The summed E-state index contributed by atoms with van der Waals surface area (Å²) in [5.74, 6) is 2.03. The first kappa shape index (κ1) is 22.9. The largest absolute Gasteiger partial charge is 0.493 e. The van der Waals surface area contributed by atoms with Crippen LogP contribution in [0.4, 0.5) is 5.69 Å². The Morgan fingerprint density at radius 2 is 1.83 bits per heavy atom. The number of amides is 1. The number of para-hydroxylation sites is 4. The minimum Gasteiger partial charge on any atom is -0.493 e. The summed E-state index contributed by atoms with van der Waals surface area (Å²) in [6, 6.07) is 23.2. The third kappa shape index (κ3) is 4.72. The first-order valence-electron chi connectivity index (χ1n) is 11.8. The number of aryl methyl sites for hydroxylation is 1. The minimum absolute atomic E-state index is 0.0715. The van der Waals surface area contributed by atoms with Crippen LogP contribution in [0, 0.1) is 6.92 Å². The number of fused-ring (bicyclic) bond motifs is 1. The number of ether oxygens (including phenoxy) is 2. The van der Waals surface area contributed by atoms with Crippen molar-refractivity contribution >= 4 is 22.6 Å². The summed E-state index contributed by atoms with van der Waals surface area (Å²) in [4.78, 5) is 19.7. The van der Waals surface area contributed by atoms with Gasteiger partial charge < -0.3 is 24.0 Å². The summed E-state index contributed by atoms with van der Waals surface area (Å²) in [6.07, 6.45) is -0.397. The fourth-order valence-electron chi connectivity index (χ4n) is 4.71. The molecule has 1 aliphatic heterocycles. The molecule has 4 aromatic rings. The molecule has 1 N–H and O–H groups in total. The minimum atomic E-state index is -0.777. The van der Waals surface area contributed by atoms with Gasteiger partial charge in [-0.15, -0.1) is 0 Å². The average molecular weight is 472 g/mol. The molecule has 5 rings (SSSR count). The van der Waals surface area contributed by atoms with Crippen LogP contribution in [0.3, 0.4) is 0 Å². The second-order valence-electron chi connectivity index (χ2n) is 8.93. The number of rotatable bonds is 8. The van der Waals surface area contributed by atoms with E-state index in [0.717, 1.165) is 28.1 Å². The molecule has 2 atom stereocenters. The van der Waals surface area contributed by atoms with E-state index in [2.05, 4.69) is 0 Å². The van der Waals surface area contributed by atoms with E-state index >= 15 is 0 Å². The number of aliphatic hydroxyl groups excluding tert-OH is 1. The van der Waals surface area contributed by atoms with Crippen molar-refractivity contribution in [1.82, 2.24) is 9.55 Å². The molecular formula is C28H29N3O4. The van der Waals surface area contributed by atoms with Crippen LogP contribution in [-0.2, 0) is 11.3 Å². The molecule has 0 bridgehead atoms. The number of aliphatic hydroxyl groups is 1. The molecule has 0 unspecified atom stereocenters. The van der Waals surface area contributed by atoms with Crippen molar-refractivity contribution in [3.8, 4) is 11.5 Å². The molecular weight excluding hydrogens is 442 g/mol. The number of carbonyl (C=O) groups excluding carboxylic acids is 1. The van der Waals surface area contributed by atoms with Crippen LogP contribution in [-0.4, -0.2) is 46.9 Å². The van der Waals surface area contributed by atoms with Crippen molar-refractivity contribution in [3.05, 3.63) is 84.2 Å². The van der Waals surface area contributed by atoms with Gasteiger partial charge in [-0.25, -0.2) is 4.98 Å².